The van der Waals surface area contributed by atoms with Gasteiger partial charge in [-0.2, -0.15) is 5.10 Å². The number of piperazine rings is 1. The van der Waals surface area contributed by atoms with Crippen LogP contribution in [0.5, 0.6) is 0 Å². The van der Waals surface area contributed by atoms with Crippen LogP contribution < -0.4 is 10.2 Å². The molecule has 1 saturated heterocycles. The van der Waals surface area contributed by atoms with Crippen LogP contribution in [-0.4, -0.2) is 53.3 Å². The normalized spacial score (nSPS) is 14.8. The van der Waals surface area contributed by atoms with Crippen LogP contribution in [0.15, 0.2) is 60.7 Å². The van der Waals surface area contributed by atoms with Gasteiger partial charge in [0.05, 0.1) is 29.3 Å². The van der Waals surface area contributed by atoms with Gasteiger partial charge in [0.25, 0.3) is 0 Å². The Kier molecular flexibility index (Phi) is 5.62. The van der Waals surface area contributed by atoms with E-state index in [-0.39, 0.29) is 5.91 Å². The van der Waals surface area contributed by atoms with Gasteiger partial charge < -0.3 is 10.2 Å². The zero-order valence-electron chi connectivity index (χ0n) is 17.0. The first-order valence-electron chi connectivity index (χ1n) is 10.1. The Morgan fingerprint density at radius 3 is 2.21 bits per heavy atom. The Labute approximate surface area is 171 Å². The molecule has 0 atom stereocenters. The van der Waals surface area contributed by atoms with Crippen molar-refractivity contribution in [3.63, 3.8) is 0 Å². The zero-order valence-corrected chi connectivity index (χ0v) is 17.0. The fraction of sp³-hybridized carbons (Fsp3) is 0.304. The van der Waals surface area contributed by atoms with E-state index in [4.69, 9.17) is 5.10 Å². The molecule has 0 radical (unpaired) electrons. The molecule has 0 spiro atoms. The van der Waals surface area contributed by atoms with E-state index in [1.807, 2.05) is 53.2 Å². The molecular weight excluding hydrogens is 362 g/mol. The molecule has 0 unspecified atom stereocenters. The SMILES string of the molecule is Cc1nn(-c2ccccc2)c(C)c1N1CCN(CC(=O)Nc2ccccc2)CC1. The molecule has 1 N–H and O–H groups in total. The van der Waals surface area contributed by atoms with E-state index in [2.05, 4.69) is 41.1 Å². The lowest BCUT2D eigenvalue weighted by Crippen LogP contribution is -2.49. The van der Waals surface area contributed by atoms with E-state index in [9.17, 15) is 4.79 Å². The van der Waals surface area contributed by atoms with Crippen molar-refractivity contribution in [2.45, 2.75) is 13.8 Å². The second-order valence-corrected chi connectivity index (χ2v) is 7.44. The summed E-state index contributed by atoms with van der Waals surface area (Å²) in [4.78, 5) is 16.9. The molecule has 0 aliphatic carbocycles. The number of carbonyl (C=O) groups is 1. The Morgan fingerprint density at radius 2 is 1.55 bits per heavy atom. The number of para-hydroxylation sites is 2. The predicted octanol–water partition coefficient (Wildman–Crippen LogP) is 3.25. The minimum Gasteiger partial charge on any atom is -0.366 e. The number of benzene rings is 2. The molecule has 0 bridgehead atoms. The molecule has 150 valence electrons. The van der Waals surface area contributed by atoms with Gasteiger partial charge in [-0.05, 0) is 38.1 Å². The predicted molar refractivity (Wildman–Crippen MR) is 117 cm³/mol. The molecule has 1 aliphatic heterocycles. The Bertz CT molecular complexity index is 960. The number of nitrogens with one attached hydrogen (secondary N) is 1. The average Bonchev–Trinajstić information content (AvgIpc) is 3.04. The van der Waals surface area contributed by atoms with Gasteiger partial charge in [-0.3, -0.25) is 9.69 Å². The Morgan fingerprint density at radius 1 is 0.931 bits per heavy atom. The standard InChI is InChI=1S/C23H27N5O/c1-18-23(19(2)28(25-18)21-11-7-4-8-12-21)27-15-13-26(14-16-27)17-22(29)24-20-9-5-3-6-10-20/h3-12H,13-17H2,1-2H3,(H,24,29). The van der Waals surface area contributed by atoms with Gasteiger partial charge in [-0.15, -0.1) is 0 Å². The summed E-state index contributed by atoms with van der Waals surface area (Å²) in [5.74, 6) is 0.0360. The van der Waals surface area contributed by atoms with Crippen molar-refractivity contribution in [2.24, 2.45) is 0 Å². The second kappa shape index (κ2) is 8.49. The maximum absolute atomic E-state index is 12.3. The molecule has 1 aromatic heterocycles. The summed E-state index contributed by atoms with van der Waals surface area (Å²) < 4.78 is 2.02. The molecule has 0 saturated carbocycles. The van der Waals surface area contributed by atoms with E-state index in [1.165, 1.54) is 5.69 Å². The van der Waals surface area contributed by atoms with Crippen LogP contribution in [0.3, 0.4) is 0 Å². The lowest BCUT2D eigenvalue weighted by molar-refractivity contribution is -0.117. The molecule has 2 aromatic carbocycles. The number of aryl methyl sites for hydroxylation is 1. The fourth-order valence-corrected chi connectivity index (χ4v) is 3.97. The van der Waals surface area contributed by atoms with Gasteiger partial charge in [-0.1, -0.05) is 36.4 Å². The topological polar surface area (TPSA) is 53.4 Å². The number of anilines is 2. The van der Waals surface area contributed by atoms with Crippen molar-refractivity contribution >= 4 is 17.3 Å². The van der Waals surface area contributed by atoms with E-state index in [0.717, 1.165) is 48.9 Å². The minimum absolute atomic E-state index is 0.0360. The summed E-state index contributed by atoms with van der Waals surface area (Å²) in [6.07, 6.45) is 0. The third-order valence-corrected chi connectivity index (χ3v) is 5.37. The van der Waals surface area contributed by atoms with Crippen LogP contribution in [0, 0.1) is 13.8 Å². The van der Waals surface area contributed by atoms with Gasteiger partial charge in [0.2, 0.25) is 5.91 Å². The number of hydrogen-bond acceptors (Lipinski definition) is 4. The molecule has 4 rings (SSSR count). The largest absolute Gasteiger partial charge is 0.366 e. The minimum atomic E-state index is 0.0360. The third-order valence-electron chi connectivity index (χ3n) is 5.37. The van der Waals surface area contributed by atoms with E-state index < -0.39 is 0 Å². The van der Waals surface area contributed by atoms with Crippen molar-refractivity contribution in [3.8, 4) is 5.69 Å². The molecule has 2 heterocycles. The molecule has 3 aromatic rings. The maximum Gasteiger partial charge on any atom is 0.238 e. The molecule has 1 amide bonds. The first-order chi connectivity index (χ1) is 14.1. The maximum atomic E-state index is 12.3. The van der Waals surface area contributed by atoms with Gasteiger partial charge in [0.15, 0.2) is 0 Å². The van der Waals surface area contributed by atoms with Crippen LogP contribution in [0.2, 0.25) is 0 Å². The number of aromatic nitrogens is 2. The molecule has 6 heteroatoms. The zero-order chi connectivity index (χ0) is 20.2. The highest BCUT2D eigenvalue weighted by molar-refractivity contribution is 5.92. The lowest BCUT2D eigenvalue weighted by Gasteiger charge is -2.35. The smallest absolute Gasteiger partial charge is 0.238 e. The van der Waals surface area contributed by atoms with E-state index >= 15 is 0 Å². The highest BCUT2D eigenvalue weighted by atomic mass is 16.2. The number of nitrogens with zero attached hydrogens (tertiary/aromatic N) is 4. The summed E-state index contributed by atoms with van der Waals surface area (Å²) >= 11 is 0. The Balaban J connectivity index is 1.37. The van der Waals surface area contributed by atoms with Crippen LogP contribution in [0.1, 0.15) is 11.4 Å². The first-order valence-corrected chi connectivity index (χ1v) is 10.1. The molecule has 29 heavy (non-hydrogen) atoms. The van der Waals surface area contributed by atoms with Crippen LogP contribution in [0.4, 0.5) is 11.4 Å². The summed E-state index contributed by atoms with van der Waals surface area (Å²) in [5, 5.41) is 7.73. The molecule has 1 fully saturated rings. The molecular formula is C23H27N5O. The summed E-state index contributed by atoms with van der Waals surface area (Å²) in [5.41, 5.74) is 5.33. The molecule has 6 nitrogen and oxygen atoms in total. The van der Waals surface area contributed by atoms with Crippen molar-refractivity contribution in [3.05, 3.63) is 72.1 Å². The molecule has 1 aliphatic rings. The number of hydrogen-bond donors (Lipinski definition) is 1. The number of carbonyl (C=O) groups excluding carboxylic acids is 1. The van der Waals surface area contributed by atoms with Gasteiger partial charge in [-0.25, -0.2) is 4.68 Å². The van der Waals surface area contributed by atoms with Crippen molar-refractivity contribution < 1.29 is 4.79 Å². The number of amides is 1. The van der Waals surface area contributed by atoms with Crippen LogP contribution in [-0.2, 0) is 4.79 Å². The van der Waals surface area contributed by atoms with Gasteiger partial charge >= 0.3 is 0 Å². The average molecular weight is 390 g/mol. The fourth-order valence-electron chi connectivity index (χ4n) is 3.97. The number of rotatable bonds is 5. The van der Waals surface area contributed by atoms with Gasteiger partial charge in [0.1, 0.15) is 0 Å². The first kappa shape index (κ1) is 19.2. The lowest BCUT2D eigenvalue weighted by atomic mass is 10.2. The van der Waals surface area contributed by atoms with E-state index in [1.54, 1.807) is 0 Å². The third kappa shape index (κ3) is 4.32. The highest BCUT2D eigenvalue weighted by Gasteiger charge is 2.24. The van der Waals surface area contributed by atoms with Crippen molar-refractivity contribution in [2.75, 3.05) is 42.9 Å². The summed E-state index contributed by atoms with van der Waals surface area (Å²) in [6.45, 7) is 8.12. The van der Waals surface area contributed by atoms with Crippen molar-refractivity contribution in [1.29, 1.82) is 0 Å². The monoisotopic (exact) mass is 389 g/mol. The summed E-state index contributed by atoms with van der Waals surface area (Å²) in [6, 6.07) is 19.8. The Hall–Kier alpha value is -3.12. The highest BCUT2D eigenvalue weighted by Crippen LogP contribution is 2.27. The van der Waals surface area contributed by atoms with Crippen LogP contribution in [0.25, 0.3) is 5.69 Å². The van der Waals surface area contributed by atoms with Gasteiger partial charge in [0, 0.05) is 31.9 Å². The van der Waals surface area contributed by atoms with E-state index in [0.29, 0.717) is 6.54 Å². The van der Waals surface area contributed by atoms with Crippen LogP contribution >= 0.6 is 0 Å². The summed E-state index contributed by atoms with van der Waals surface area (Å²) in [7, 11) is 0. The van der Waals surface area contributed by atoms with Crippen molar-refractivity contribution in [1.82, 2.24) is 14.7 Å². The second-order valence-electron chi connectivity index (χ2n) is 7.44. The quantitative estimate of drug-likeness (QED) is 0.728.